The molecule has 1 amide bonds. The van der Waals surface area contributed by atoms with Crippen LogP contribution in [-0.2, 0) is 16.1 Å². The Kier molecular flexibility index (Phi) is 6.00. The van der Waals surface area contributed by atoms with Gasteiger partial charge in [-0.1, -0.05) is 23.7 Å². The number of halogens is 1. The summed E-state index contributed by atoms with van der Waals surface area (Å²) in [6.07, 6.45) is 2.69. The van der Waals surface area contributed by atoms with Gasteiger partial charge in [0, 0.05) is 5.02 Å². The minimum absolute atomic E-state index is 0.214. The van der Waals surface area contributed by atoms with Crippen molar-refractivity contribution in [2.75, 3.05) is 11.9 Å². The van der Waals surface area contributed by atoms with Crippen molar-refractivity contribution in [1.82, 2.24) is 19.3 Å². The van der Waals surface area contributed by atoms with Gasteiger partial charge in [0.25, 0.3) is 5.56 Å². The number of anilines is 1. The summed E-state index contributed by atoms with van der Waals surface area (Å²) in [6, 6.07) is 13.4. The van der Waals surface area contributed by atoms with Crippen LogP contribution in [0.5, 0.6) is 0 Å². The Balaban J connectivity index is 1.57. The predicted molar refractivity (Wildman–Crippen MR) is 119 cm³/mol. The Morgan fingerprint density at radius 3 is 2.62 bits per heavy atom. The van der Waals surface area contributed by atoms with Crippen molar-refractivity contribution >= 4 is 40.2 Å². The normalized spacial score (nSPS) is 10.8. The molecule has 0 aliphatic rings. The van der Waals surface area contributed by atoms with Gasteiger partial charge in [0.15, 0.2) is 5.65 Å². The number of nitrogens with one attached hydrogen (secondary N) is 1. The molecule has 4 rings (SSSR count). The third-order valence-corrected chi connectivity index (χ3v) is 4.89. The van der Waals surface area contributed by atoms with Gasteiger partial charge >= 0.3 is 5.97 Å². The van der Waals surface area contributed by atoms with Gasteiger partial charge in [-0.15, -0.1) is 0 Å². The van der Waals surface area contributed by atoms with Gasteiger partial charge in [-0.25, -0.2) is 14.5 Å². The summed E-state index contributed by atoms with van der Waals surface area (Å²) in [5.74, 6) is -1.03. The number of fused-ring (bicyclic) bond motifs is 1. The van der Waals surface area contributed by atoms with Crippen LogP contribution in [0.15, 0.2) is 65.8 Å². The fraction of sp³-hybridized carbons (Fsp3) is 0.136. The van der Waals surface area contributed by atoms with Crippen LogP contribution >= 0.6 is 11.6 Å². The lowest BCUT2D eigenvalue weighted by molar-refractivity contribution is -0.116. The molecule has 1 N–H and O–H groups in total. The summed E-state index contributed by atoms with van der Waals surface area (Å²) in [7, 11) is 0. The lowest BCUT2D eigenvalue weighted by Crippen LogP contribution is -2.28. The Morgan fingerprint density at radius 1 is 1.12 bits per heavy atom. The number of aromatic nitrogens is 4. The molecular weight excluding hydrogens is 434 g/mol. The molecule has 0 saturated carbocycles. The third kappa shape index (κ3) is 4.23. The van der Waals surface area contributed by atoms with Crippen LogP contribution in [0.25, 0.3) is 16.7 Å². The number of carbonyl (C=O) groups is 2. The van der Waals surface area contributed by atoms with Gasteiger partial charge < -0.3 is 10.1 Å². The number of benzene rings is 2. The zero-order valence-corrected chi connectivity index (χ0v) is 17.7. The fourth-order valence-corrected chi connectivity index (χ4v) is 3.28. The van der Waals surface area contributed by atoms with Crippen LogP contribution in [0.2, 0.25) is 5.02 Å². The average molecular weight is 452 g/mol. The van der Waals surface area contributed by atoms with Gasteiger partial charge in [0.05, 0.1) is 29.7 Å². The number of carbonyl (C=O) groups excluding carboxylic acids is 2. The van der Waals surface area contributed by atoms with Gasteiger partial charge in [-0.2, -0.15) is 5.10 Å². The number of amides is 1. The van der Waals surface area contributed by atoms with Crippen LogP contribution < -0.4 is 10.9 Å². The Hall–Kier alpha value is -3.98. The number of ether oxygens (including phenoxy) is 1. The van der Waals surface area contributed by atoms with Crippen molar-refractivity contribution in [1.29, 1.82) is 0 Å². The maximum absolute atomic E-state index is 12.9. The first-order chi connectivity index (χ1) is 15.5. The van der Waals surface area contributed by atoms with Gasteiger partial charge in [0.2, 0.25) is 5.91 Å². The summed E-state index contributed by atoms with van der Waals surface area (Å²) in [6.45, 7) is 1.63. The highest BCUT2D eigenvalue weighted by atomic mass is 35.5. The zero-order chi connectivity index (χ0) is 22.7. The Morgan fingerprint density at radius 2 is 1.88 bits per heavy atom. The van der Waals surface area contributed by atoms with E-state index in [0.717, 1.165) is 0 Å². The molecule has 0 aliphatic heterocycles. The quantitative estimate of drug-likeness (QED) is 0.451. The molecule has 2 aromatic heterocycles. The van der Waals surface area contributed by atoms with Crippen LogP contribution in [0.3, 0.4) is 0 Å². The van der Waals surface area contributed by atoms with Crippen molar-refractivity contribution in [3.63, 3.8) is 0 Å². The Bertz CT molecular complexity index is 1360. The topological polar surface area (TPSA) is 108 Å². The molecule has 162 valence electrons. The summed E-state index contributed by atoms with van der Waals surface area (Å²) in [4.78, 5) is 41.8. The SMILES string of the molecule is CCOC(=O)c1ccccc1NC(=O)Cn1cnc2c(cnn2-c2ccc(Cl)cc2)c1=O. The molecule has 0 aliphatic carbocycles. The van der Waals surface area contributed by atoms with E-state index in [1.807, 2.05) is 0 Å². The molecule has 0 radical (unpaired) electrons. The zero-order valence-electron chi connectivity index (χ0n) is 17.0. The molecular formula is C22H18ClN5O4. The van der Waals surface area contributed by atoms with E-state index >= 15 is 0 Å². The summed E-state index contributed by atoms with van der Waals surface area (Å²) in [5.41, 5.74) is 1.18. The first kappa shape index (κ1) is 21.3. The highest BCUT2D eigenvalue weighted by Crippen LogP contribution is 2.18. The highest BCUT2D eigenvalue weighted by Gasteiger charge is 2.16. The lowest BCUT2D eigenvalue weighted by Gasteiger charge is -2.11. The van der Waals surface area contributed by atoms with Crippen LogP contribution in [0, 0.1) is 0 Å². The maximum Gasteiger partial charge on any atom is 0.340 e. The lowest BCUT2D eigenvalue weighted by atomic mass is 10.2. The molecule has 0 atom stereocenters. The van der Waals surface area contributed by atoms with E-state index in [2.05, 4.69) is 15.4 Å². The summed E-state index contributed by atoms with van der Waals surface area (Å²) in [5, 5.41) is 7.73. The number of para-hydroxylation sites is 1. The standard InChI is InChI=1S/C22H18ClN5O4/c1-2-32-22(31)16-5-3-4-6-18(16)26-19(29)12-27-13-24-20-17(21(27)30)11-25-28(20)15-9-7-14(23)8-10-15/h3-11,13H,2,12H2,1H3,(H,26,29). The van der Waals surface area contributed by atoms with Crippen molar-refractivity contribution in [3.05, 3.63) is 82.0 Å². The van der Waals surface area contributed by atoms with Crippen molar-refractivity contribution in [2.24, 2.45) is 0 Å². The molecule has 10 heteroatoms. The molecule has 0 saturated heterocycles. The number of esters is 1. The summed E-state index contributed by atoms with van der Waals surface area (Å²) < 4.78 is 7.71. The van der Waals surface area contributed by atoms with E-state index in [1.165, 1.54) is 21.8 Å². The molecule has 0 fully saturated rings. The van der Waals surface area contributed by atoms with E-state index in [4.69, 9.17) is 16.3 Å². The van der Waals surface area contributed by atoms with Crippen molar-refractivity contribution in [2.45, 2.75) is 13.5 Å². The molecule has 2 heterocycles. The van der Waals surface area contributed by atoms with E-state index in [1.54, 1.807) is 55.5 Å². The monoisotopic (exact) mass is 451 g/mol. The molecule has 0 unspecified atom stereocenters. The van der Waals surface area contributed by atoms with Crippen molar-refractivity contribution in [3.8, 4) is 5.69 Å². The van der Waals surface area contributed by atoms with Crippen LogP contribution in [0.1, 0.15) is 17.3 Å². The second-order valence-corrected chi connectivity index (χ2v) is 7.20. The summed E-state index contributed by atoms with van der Waals surface area (Å²) >= 11 is 5.92. The second-order valence-electron chi connectivity index (χ2n) is 6.76. The minimum atomic E-state index is -0.543. The van der Waals surface area contributed by atoms with Crippen molar-refractivity contribution < 1.29 is 14.3 Å². The average Bonchev–Trinajstić information content (AvgIpc) is 3.21. The van der Waals surface area contributed by atoms with Gasteiger partial charge in [-0.05, 0) is 43.3 Å². The van der Waals surface area contributed by atoms with Crippen LogP contribution in [0.4, 0.5) is 5.69 Å². The molecule has 32 heavy (non-hydrogen) atoms. The number of hydrogen-bond acceptors (Lipinski definition) is 6. The third-order valence-electron chi connectivity index (χ3n) is 4.64. The number of rotatable bonds is 6. The first-order valence-corrected chi connectivity index (χ1v) is 10.1. The smallest absolute Gasteiger partial charge is 0.340 e. The van der Waals surface area contributed by atoms with E-state index in [9.17, 15) is 14.4 Å². The number of nitrogens with zero attached hydrogens (tertiary/aromatic N) is 4. The first-order valence-electron chi connectivity index (χ1n) is 9.73. The highest BCUT2D eigenvalue weighted by molar-refractivity contribution is 6.30. The molecule has 0 bridgehead atoms. The van der Waals surface area contributed by atoms with E-state index in [0.29, 0.717) is 22.0 Å². The largest absolute Gasteiger partial charge is 0.462 e. The maximum atomic E-state index is 12.9. The molecule has 9 nitrogen and oxygen atoms in total. The Labute approximate surface area is 187 Å². The number of hydrogen-bond donors (Lipinski definition) is 1. The second kappa shape index (κ2) is 9.03. The minimum Gasteiger partial charge on any atom is -0.462 e. The van der Waals surface area contributed by atoms with Gasteiger partial charge in [-0.3, -0.25) is 14.2 Å². The molecule has 2 aromatic carbocycles. The van der Waals surface area contributed by atoms with Gasteiger partial charge in [0.1, 0.15) is 18.3 Å². The van der Waals surface area contributed by atoms with E-state index < -0.39 is 17.4 Å². The molecule has 0 spiro atoms. The fourth-order valence-electron chi connectivity index (χ4n) is 3.16. The predicted octanol–water partition coefficient (Wildman–Crippen LogP) is 3.05. The molecule has 4 aromatic rings. The van der Waals surface area contributed by atoms with E-state index in [-0.39, 0.29) is 24.1 Å². The van der Waals surface area contributed by atoms with Crippen LogP contribution in [-0.4, -0.2) is 37.8 Å².